The zero-order chi connectivity index (χ0) is 10.0. The Labute approximate surface area is 86.1 Å². The van der Waals surface area contributed by atoms with Crippen molar-refractivity contribution >= 4 is 0 Å². The Morgan fingerprint density at radius 1 is 1.36 bits per heavy atom. The van der Waals surface area contributed by atoms with Crippen LogP contribution in [0.1, 0.15) is 32.1 Å². The molecule has 2 fully saturated rings. The average Bonchev–Trinajstić information content (AvgIpc) is 2.98. The van der Waals surface area contributed by atoms with E-state index < -0.39 is 0 Å². The van der Waals surface area contributed by atoms with E-state index in [9.17, 15) is 5.26 Å². The quantitative estimate of drug-likeness (QED) is 0.714. The fourth-order valence-corrected chi connectivity index (χ4v) is 2.18. The van der Waals surface area contributed by atoms with Crippen LogP contribution in [0.25, 0.3) is 0 Å². The largest absolute Gasteiger partial charge is 0.306 e. The van der Waals surface area contributed by atoms with E-state index in [4.69, 9.17) is 0 Å². The molecule has 0 amide bonds. The minimum Gasteiger partial charge on any atom is -0.306 e. The molecule has 2 aliphatic rings. The minimum absolute atomic E-state index is 0.216. The molecule has 1 N–H and O–H groups in total. The number of nitrogens with zero attached hydrogens (tertiary/aromatic N) is 2. The molecule has 1 saturated heterocycles. The normalized spacial score (nSPS) is 34.9. The van der Waals surface area contributed by atoms with Crippen molar-refractivity contribution < 1.29 is 0 Å². The van der Waals surface area contributed by atoms with Crippen LogP contribution in [0.4, 0.5) is 0 Å². The summed E-state index contributed by atoms with van der Waals surface area (Å²) in [5, 5.41) is 12.8. The maximum Gasteiger partial charge on any atom is 0.108 e. The molecule has 3 heteroatoms. The molecule has 0 aromatic rings. The van der Waals surface area contributed by atoms with Crippen LogP contribution in [0.2, 0.25) is 0 Å². The Morgan fingerprint density at radius 2 is 2.14 bits per heavy atom. The van der Waals surface area contributed by atoms with Crippen molar-refractivity contribution in [3.05, 3.63) is 0 Å². The summed E-state index contributed by atoms with van der Waals surface area (Å²) >= 11 is 0. The Balaban J connectivity index is 1.98. The molecule has 0 spiro atoms. The van der Waals surface area contributed by atoms with Gasteiger partial charge in [0.1, 0.15) is 5.54 Å². The zero-order valence-corrected chi connectivity index (χ0v) is 8.92. The van der Waals surface area contributed by atoms with Crippen LogP contribution < -0.4 is 5.32 Å². The van der Waals surface area contributed by atoms with Gasteiger partial charge in [-0.1, -0.05) is 0 Å². The van der Waals surface area contributed by atoms with E-state index in [1.807, 2.05) is 0 Å². The van der Waals surface area contributed by atoms with E-state index in [1.165, 1.54) is 12.8 Å². The van der Waals surface area contributed by atoms with E-state index in [2.05, 4.69) is 23.3 Å². The van der Waals surface area contributed by atoms with Crippen LogP contribution in [0.3, 0.4) is 0 Å². The maximum atomic E-state index is 9.30. The maximum absolute atomic E-state index is 9.30. The van der Waals surface area contributed by atoms with Crippen molar-refractivity contribution in [2.45, 2.75) is 43.7 Å². The first-order valence-corrected chi connectivity index (χ1v) is 5.62. The predicted octanol–water partition coefficient (Wildman–Crippen LogP) is 1.12. The van der Waals surface area contributed by atoms with Crippen LogP contribution in [0, 0.1) is 11.3 Å². The smallest absolute Gasteiger partial charge is 0.108 e. The minimum atomic E-state index is -0.216. The van der Waals surface area contributed by atoms with Gasteiger partial charge in [0.05, 0.1) is 6.07 Å². The molecule has 3 nitrogen and oxygen atoms in total. The summed E-state index contributed by atoms with van der Waals surface area (Å²) in [5.41, 5.74) is -0.216. The highest BCUT2D eigenvalue weighted by Crippen LogP contribution is 2.28. The van der Waals surface area contributed by atoms with E-state index in [0.717, 1.165) is 32.4 Å². The zero-order valence-electron chi connectivity index (χ0n) is 8.92. The lowest BCUT2D eigenvalue weighted by Crippen LogP contribution is -2.45. The lowest BCUT2D eigenvalue weighted by Gasteiger charge is -2.26. The van der Waals surface area contributed by atoms with Gasteiger partial charge >= 0.3 is 0 Å². The summed E-state index contributed by atoms with van der Waals surface area (Å²) in [5.74, 6) is 0. The Kier molecular flexibility index (Phi) is 2.76. The predicted molar refractivity (Wildman–Crippen MR) is 55.8 cm³/mol. The Morgan fingerprint density at radius 3 is 2.79 bits per heavy atom. The number of likely N-dealkylation sites (tertiary alicyclic amines) is 1. The molecule has 0 aromatic carbocycles. The van der Waals surface area contributed by atoms with Gasteiger partial charge in [0.2, 0.25) is 0 Å². The molecule has 0 radical (unpaired) electrons. The SMILES string of the molecule is CN1CCCC(C#N)(NC2CC2)CC1. The second kappa shape index (κ2) is 3.88. The number of rotatable bonds is 2. The lowest BCUT2D eigenvalue weighted by molar-refractivity contribution is 0.325. The van der Waals surface area contributed by atoms with Crippen LogP contribution in [-0.2, 0) is 0 Å². The number of nitrogens with one attached hydrogen (secondary N) is 1. The van der Waals surface area contributed by atoms with Crippen LogP contribution in [-0.4, -0.2) is 36.6 Å². The number of nitriles is 1. The van der Waals surface area contributed by atoms with E-state index in [1.54, 1.807) is 0 Å². The highest BCUT2D eigenvalue weighted by molar-refractivity contribution is 5.11. The molecule has 1 unspecified atom stereocenters. The average molecular weight is 193 g/mol. The monoisotopic (exact) mass is 193 g/mol. The first kappa shape index (κ1) is 9.95. The van der Waals surface area contributed by atoms with Gasteiger partial charge in [-0.25, -0.2) is 0 Å². The van der Waals surface area contributed by atoms with Gasteiger partial charge in [-0.05, 0) is 45.7 Å². The van der Waals surface area contributed by atoms with Crippen molar-refractivity contribution in [3.8, 4) is 6.07 Å². The van der Waals surface area contributed by atoms with E-state index in [0.29, 0.717) is 6.04 Å². The first-order valence-electron chi connectivity index (χ1n) is 5.62. The third kappa shape index (κ3) is 2.26. The van der Waals surface area contributed by atoms with E-state index in [-0.39, 0.29) is 5.54 Å². The molecule has 78 valence electrons. The Bertz CT molecular complexity index is 241. The third-order valence-electron chi connectivity index (χ3n) is 3.34. The number of hydrogen-bond acceptors (Lipinski definition) is 3. The summed E-state index contributed by atoms with van der Waals surface area (Å²) in [6.45, 7) is 2.18. The summed E-state index contributed by atoms with van der Waals surface area (Å²) in [6, 6.07) is 3.15. The van der Waals surface area contributed by atoms with Gasteiger partial charge in [0.25, 0.3) is 0 Å². The summed E-state index contributed by atoms with van der Waals surface area (Å²) in [4.78, 5) is 2.33. The van der Waals surface area contributed by atoms with Crippen LogP contribution >= 0.6 is 0 Å². The van der Waals surface area contributed by atoms with Crippen LogP contribution in [0.15, 0.2) is 0 Å². The summed E-state index contributed by atoms with van der Waals surface area (Å²) in [7, 11) is 2.14. The molecule has 0 bridgehead atoms. The molecule has 2 rings (SSSR count). The standard InChI is InChI=1S/C11H19N3/c1-14-7-2-5-11(9-12,6-8-14)13-10-3-4-10/h10,13H,2-8H2,1H3. The van der Waals surface area contributed by atoms with Crippen molar-refractivity contribution in [2.75, 3.05) is 20.1 Å². The van der Waals surface area contributed by atoms with Gasteiger partial charge in [-0.2, -0.15) is 5.26 Å². The number of hydrogen-bond donors (Lipinski definition) is 1. The van der Waals surface area contributed by atoms with Gasteiger partial charge in [0.15, 0.2) is 0 Å². The van der Waals surface area contributed by atoms with Crippen molar-refractivity contribution in [3.63, 3.8) is 0 Å². The second-order valence-corrected chi connectivity index (χ2v) is 4.77. The van der Waals surface area contributed by atoms with E-state index >= 15 is 0 Å². The topological polar surface area (TPSA) is 39.1 Å². The van der Waals surface area contributed by atoms with Crippen LogP contribution in [0.5, 0.6) is 0 Å². The van der Waals surface area contributed by atoms with Crippen molar-refractivity contribution in [1.82, 2.24) is 10.2 Å². The molecule has 1 saturated carbocycles. The van der Waals surface area contributed by atoms with Gasteiger partial charge in [-0.3, -0.25) is 5.32 Å². The summed E-state index contributed by atoms with van der Waals surface area (Å²) in [6.07, 6.45) is 5.67. The molecule has 1 aliphatic heterocycles. The van der Waals surface area contributed by atoms with Gasteiger partial charge in [0, 0.05) is 12.6 Å². The van der Waals surface area contributed by atoms with Gasteiger partial charge in [-0.15, -0.1) is 0 Å². The second-order valence-electron chi connectivity index (χ2n) is 4.77. The van der Waals surface area contributed by atoms with Gasteiger partial charge < -0.3 is 4.90 Å². The first-order chi connectivity index (χ1) is 6.74. The fraction of sp³-hybridized carbons (Fsp3) is 0.909. The Hall–Kier alpha value is -0.590. The molecule has 1 aliphatic carbocycles. The van der Waals surface area contributed by atoms with Crippen molar-refractivity contribution in [1.29, 1.82) is 5.26 Å². The molecular formula is C11H19N3. The highest BCUT2D eigenvalue weighted by atomic mass is 15.1. The fourth-order valence-electron chi connectivity index (χ4n) is 2.18. The molecule has 1 atom stereocenters. The summed E-state index contributed by atoms with van der Waals surface area (Å²) < 4.78 is 0. The third-order valence-corrected chi connectivity index (χ3v) is 3.34. The lowest BCUT2D eigenvalue weighted by atomic mass is 9.92. The molecular weight excluding hydrogens is 174 g/mol. The molecule has 1 heterocycles. The van der Waals surface area contributed by atoms with Crippen molar-refractivity contribution in [2.24, 2.45) is 0 Å². The molecule has 0 aromatic heterocycles. The highest BCUT2D eigenvalue weighted by Gasteiger charge is 2.37. The molecule has 14 heavy (non-hydrogen) atoms.